The van der Waals surface area contributed by atoms with Crippen LogP contribution in [0.1, 0.15) is 45.9 Å². The lowest BCUT2D eigenvalue weighted by atomic mass is 9.98. The van der Waals surface area contributed by atoms with E-state index < -0.39 is 23.1 Å². The summed E-state index contributed by atoms with van der Waals surface area (Å²) in [5.74, 6) is -0.828. The molecule has 1 amide bonds. The maximum Gasteiger partial charge on any atom is 0.416 e. The van der Waals surface area contributed by atoms with Crippen LogP contribution >= 0.6 is 0 Å². The van der Waals surface area contributed by atoms with E-state index in [1.54, 1.807) is 40.7 Å². The van der Waals surface area contributed by atoms with Crippen LogP contribution in [0, 0.1) is 5.41 Å². The summed E-state index contributed by atoms with van der Waals surface area (Å²) in [6, 6.07) is 6.01. The maximum atomic E-state index is 12.7. The molecule has 0 radical (unpaired) electrons. The van der Waals surface area contributed by atoms with Crippen LogP contribution in [0.5, 0.6) is 0 Å². The van der Waals surface area contributed by atoms with Gasteiger partial charge >= 0.3 is 12.1 Å². The molecule has 1 heterocycles. The summed E-state index contributed by atoms with van der Waals surface area (Å²) in [4.78, 5) is 38.0. The Hall–Kier alpha value is -3.01. The second-order valence-corrected chi connectivity index (χ2v) is 8.54. The molecular formula is C22H27F3N4O3. The third kappa shape index (κ3) is 7.30. The highest BCUT2D eigenvalue weighted by atomic mass is 19.4. The highest BCUT2D eigenvalue weighted by Gasteiger charge is 2.30. The lowest BCUT2D eigenvalue weighted by molar-refractivity contribution is -0.208. The minimum absolute atomic E-state index is 0.0775. The summed E-state index contributed by atoms with van der Waals surface area (Å²) in [7, 11) is 0. The van der Waals surface area contributed by atoms with Crippen LogP contribution in [0.3, 0.4) is 0 Å². The third-order valence-electron chi connectivity index (χ3n) is 4.39. The zero-order valence-electron chi connectivity index (χ0n) is 18.7. The summed E-state index contributed by atoms with van der Waals surface area (Å²) < 4.78 is 38.2. The number of halogens is 3. The molecule has 0 fully saturated rings. The van der Waals surface area contributed by atoms with E-state index in [-0.39, 0.29) is 25.0 Å². The van der Waals surface area contributed by atoms with Crippen molar-refractivity contribution in [1.82, 2.24) is 20.3 Å². The van der Waals surface area contributed by atoms with Gasteiger partial charge in [-0.3, -0.25) is 4.79 Å². The number of nitrogens with zero attached hydrogens (tertiary/aromatic N) is 3. The predicted octanol–water partition coefficient (Wildman–Crippen LogP) is 3.99. The minimum Gasteiger partial charge on any atom is -0.367 e. The fourth-order valence-electron chi connectivity index (χ4n) is 2.43. The van der Waals surface area contributed by atoms with Crippen molar-refractivity contribution in [3.8, 4) is 11.3 Å². The van der Waals surface area contributed by atoms with Crippen molar-refractivity contribution in [3.63, 3.8) is 0 Å². The number of rotatable bonds is 7. The SMILES string of the molecule is CC(C)N(CC(=O)NCc1cc(-c2ccc(C(F)(F)F)cc2)ncn1)OC(=O)C(C)(C)C. The Labute approximate surface area is 185 Å². The van der Waals surface area contributed by atoms with Gasteiger partial charge in [0.25, 0.3) is 0 Å². The van der Waals surface area contributed by atoms with Crippen molar-refractivity contribution in [3.05, 3.63) is 47.9 Å². The van der Waals surface area contributed by atoms with Gasteiger partial charge < -0.3 is 10.2 Å². The van der Waals surface area contributed by atoms with E-state index in [1.165, 1.54) is 23.5 Å². The van der Waals surface area contributed by atoms with Gasteiger partial charge in [-0.25, -0.2) is 14.8 Å². The van der Waals surface area contributed by atoms with E-state index in [4.69, 9.17) is 4.84 Å². The number of aromatic nitrogens is 2. The Bertz CT molecular complexity index is 939. The molecule has 0 aliphatic heterocycles. The normalized spacial score (nSPS) is 12.2. The van der Waals surface area contributed by atoms with Crippen LogP contribution in [0.25, 0.3) is 11.3 Å². The van der Waals surface area contributed by atoms with Crippen LogP contribution < -0.4 is 5.32 Å². The van der Waals surface area contributed by atoms with E-state index in [2.05, 4.69) is 15.3 Å². The summed E-state index contributed by atoms with van der Waals surface area (Å²) in [6.07, 6.45) is -3.13. The number of hydrogen-bond acceptors (Lipinski definition) is 6. The van der Waals surface area contributed by atoms with Crippen molar-refractivity contribution in [2.75, 3.05) is 6.54 Å². The molecular weight excluding hydrogens is 425 g/mol. The quantitative estimate of drug-likeness (QED) is 0.640. The molecule has 174 valence electrons. The van der Waals surface area contributed by atoms with Crippen molar-refractivity contribution in [2.24, 2.45) is 5.41 Å². The van der Waals surface area contributed by atoms with Gasteiger partial charge in [-0.1, -0.05) is 12.1 Å². The van der Waals surface area contributed by atoms with Crippen LogP contribution in [0.4, 0.5) is 13.2 Å². The Kier molecular flexibility index (Phi) is 7.95. The predicted molar refractivity (Wildman–Crippen MR) is 112 cm³/mol. The smallest absolute Gasteiger partial charge is 0.367 e. The standard InChI is InChI=1S/C22H27F3N4O3/c1-14(2)29(32-20(31)21(3,4)5)12-19(30)26-11-17-10-18(28-13-27-17)15-6-8-16(9-7-15)22(23,24)25/h6-10,13-14H,11-12H2,1-5H3,(H,26,30). The average Bonchev–Trinajstić information content (AvgIpc) is 2.70. The third-order valence-corrected chi connectivity index (χ3v) is 4.39. The van der Waals surface area contributed by atoms with Gasteiger partial charge in [-0.2, -0.15) is 13.2 Å². The molecule has 0 bridgehead atoms. The van der Waals surface area contributed by atoms with E-state index in [1.807, 2.05) is 0 Å². The molecule has 1 aromatic carbocycles. The molecule has 2 rings (SSSR count). The zero-order valence-corrected chi connectivity index (χ0v) is 18.7. The summed E-state index contributed by atoms with van der Waals surface area (Å²) >= 11 is 0. The first-order valence-electron chi connectivity index (χ1n) is 10.0. The molecule has 0 aliphatic carbocycles. The molecule has 10 heteroatoms. The lowest BCUT2D eigenvalue weighted by Gasteiger charge is -2.27. The van der Waals surface area contributed by atoms with Crippen molar-refractivity contribution in [1.29, 1.82) is 0 Å². The molecule has 2 aromatic rings. The first-order chi connectivity index (χ1) is 14.8. The van der Waals surface area contributed by atoms with Crippen LogP contribution in [0.15, 0.2) is 36.7 Å². The second-order valence-electron chi connectivity index (χ2n) is 8.54. The topological polar surface area (TPSA) is 84.4 Å². The summed E-state index contributed by atoms with van der Waals surface area (Å²) in [5, 5.41) is 4.00. The number of amides is 1. The van der Waals surface area contributed by atoms with Crippen molar-refractivity contribution < 1.29 is 27.6 Å². The number of carbonyl (C=O) groups is 2. The first kappa shape index (κ1) is 25.3. The molecule has 32 heavy (non-hydrogen) atoms. The highest BCUT2D eigenvalue weighted by molar-refractivity contribution is 5.79. The van der Waals surface area contributed by atoms with Crippen molar-refractivity contribution >= 4 is 11.9 Å². The monoisotopic (exact) mass is 452 g/mol. The van der Waals surface area contributed by atoms with Gasteiger partial charge in [0.1, 0.15) is 12.9 Å². The molecule has 0 unspecified atom stereocenters. The number of hydroxylamine groups is 2. The van der Waals surface area contributed by atoms with E-state index in [9.17, 15) is 22.8 Å². The molecule has 0 aliphatic rings. The molecule has 0 atom stereocenters. The lowest BCUT2D eigenvalue weighted by Crippen LogP contribution is -2.43. The number of benzene rings is 1. The number of carbonyl (C=O) groups excluding carboxylic acids is 2. The van der Waals surface area contributed by atoms with Gasteiger partial charge in [-0.05, 0) is 52.8 Å². The van der Waals surface area contributed by atoms with Gasteiger partial charge in [0, 0.05) is 11.6 Å². The molecule has 0 spiro atoms. The van der Waals surface area contributed by atoms with Crippen LogP contribution in [-0.2, 0) is 27.1 Å². The van der Waals surface area contributed by atoms with E-state index >= 15 is 0 Å². The molecule has 0 saturated heterocycles. The van der Waals surface area contributed by atoms with Gasteiger partial charge in [0.05, 0.1) is 28.9 Å². The van der Waals surface area contributed by atoms with Crippen LogP contribution in [0.2, 0.25) is 0 Å². The maximum absolute atomic E-state index is 12.7. The largest absolute Gasteiger partial charge is 0.416 e. The van der Waals surface area contributed by atoms with Crippen LogP contribution in [-0.4, -0.2) is 39.5 Å². The Morgan fingerprint density at radius 1 is 1.09 bits per heavy atom. The van der Waals surface area contributed by atoms with Gasteiger partial charge in [0.15, 0.2) is 0 Å². The van der Waals surface area contributed by atoms with E-state index in [0.717, 1.165) is 12.1 Å². The fourth-order valence-corrected chi connectivity index (χ4v) is 2.43. The Balaban J connectivity index is 2.00. The van der Waals surface area contributed by atoms with E-state index in [0.29, 0.717) is 17.0 Å². The fraction of sp³-hybridized carbons (Fsp3) is 0.455. The highest BCUT2D eigenvalue weighted by Crippen LogP contribution is 2.30. The molecule has 1 N–H and O–H groups in total. The average molecular weight is 452 g/mol. The zero-order chi connectivity index (χ0) is 24.1. The molecule has 1 aromatic heterocycles. The minimum atomic E-state index is -4.41. The first-order valence-corrected chi connectivity index (χ1v) is 10.0. The van der Waals surface area contributed by atoms with Gasteiger partial charge in [0.2, 0.25) is 5.91 Å². The Morgan fingerprint density at radius 3 is 2.25 bits per heavy atom. The Morgan fingerprint density at radius 2 is 1.72 bits per heavy atom. The summed E-state index contributed by atoms with van der Waals surface area (Å²) in [6.45, 7) is 8.67. The number of alkyl halides is 3. The van der Waals surface area contributed by atoms with Gasteiger partial charge in [-0.15, -0.1) is 5.06 Å². The number of nitrogens with one attached hydrogen (secondary N) is 1. The molecule has 0 saturated carbocycles. The number of hydrogen-bond donors (Lipinski definition) is 1. The summed E-state index contributed by atoms with van der Waals surface area (Å²) in [5.41, 5.74) is -0.0520. The molecule has 7 nitrogen and oxygen atoms in total. The second kappa shape index (κ2) is 10.1. The van der Waals surface area contributed by atoms with Crippen molar-refractivity contribution in [2.45, 2.75) is 53.4 Å².